The first-order valence-electron chi connectivity index (χ1n) is 7.26. The van der Waals surface area contributed by atoms with Crippen LogP contribution in [0.2, 0.25) is 0 Å². The van der Waals surface area contributed by atoms with E-state index in [1.54, 1.807) is 14.2 Å². The molecule has 3 heteroatoms. The Hall–Kier alpha value is -2.00. The second-order valence-electron chi connectivity index (χ2n) is 5.07. The largest absolute Gasteiger partial charge is 0.493 e. The Balaban J connectivity index is 1.98. The Morgan fingerprint density at radius 3 is 2.38 bits per heavy atom. The summed E-state index contributed by atoms with van der Waals surface area (Å²) in [6.45, 7) is 0. The van der Waals surface area contributed by atoms with Gasteiger partial charge in [0.2, 0.25) is 0 Å². The molecule has 0 aliphatic heterocycles. The summed E-state index contributed by atoms with van der Waals surface area (Å²) in [6, 6.07) is 16.3. The number of hydrogen-bond donors (Lipinski definition) is 1. The van der Waals surface area contributed by atoms with Gasteiger partial charge in [-0.05, 0) is 30.9 Å². The number of methoxy groups -OCH3 is 2. The van der Waals surface area contributed by atoms with Gasteiger partial charge >= 0.3 is 0 Å². The van der Waals surface area contributed by atoms with E-state index in [0.29, 0.717) is 0 Å². The molecule has 112 valence electrons. The Labute approximate surface area is 126 Å². The second-order valence-corrected chi connectivity index (χ2v) is 5.07. The Bertz CT molecular complexity index is 554. The molecule has 3 nitrogen and oxygen atoms in total. The van der Waals surface area contributed by atoms with Crippen LogP contribution in [0.4, 0.5) is 0 Å². The molecule has 0 spiro atoms. The first-order chi connectivity index (χ1) is 10.3. The minimum absolute atomic E-state index is 0.0428. The van der Waals surface area contributed by atoms with Gasteiger partial charge in [-0.2, -0.15) is 0 Å². The molecule has 0 radical (unpaired) electrons. The summed E-state index contributed by atoms with van der Waals surface area (Å²) in [5.41, 5.74) is 8.68. The molecule has 0 aliphatic carbocycles. The molecule has 0 aliphatic rings. The van der Waals surface area contributed by atoms with Crippen LogP contribution in [-0.4, -0.2) is 14.2 Å². The molecule has 0 heterocycles. The van der Waals surface area contributed by atoms with Crippen molar-refractivity contribution in [3.63, 3.8) is 0 Å². The normalized spacial score (nSPS) is 12.0. The van der Waals surface area contributed by atoms with Gasteiger partial charge in [-0.1, -0.05) is 42.5 Å². The number of para-hydroxylation sites is 1. The summed E-state index contributed by atoms with van der Waals surface area (Å²) >= 11 is 0. The molecule has 2 aromatic rings. The van der Waals surface area contributed by atoms with Crippen molar-refractivity contribution in [2.75, 3.05) is 14.2 Å². The van der Waals surface area contributed by atoms with Crippen molar-refractivity contribution in [2.24, 2.45) is 5.73 Å². The van der Waals surface area contributed by atoms with Crippen molar-refractivity contribution in [3.8, 4) is 11.5 Å². The van der Waals surface area contributed by atoms with E-state index in [0.717, 1.165) is 36.3 Å². The molecule has 0 amide bonds. The molecule has 0 saturated carbocycles. The van der Waals surface area contributed by atoms with E-state index in [2.05, 4.69) is 24.3 Å². The lowest BCUT2D eigenvalue weighted by Gasteiger charge is -2.17. The number of rotatable bonds is 7. The van der Waals surface area contributed by atoms with Gasteiger partial charge in [0.25, 0.3) is 0 Å². The van der Waals surface area contributed by atoms with Gasteiger partial charge < -0.3 is 15.2 Å². The van der Waals surface area contributed by atoms with Gasteiger partial charge in [0.15, 0.2) is 11.5 Å². The average molecular weight is 285 g/mol. The Morgan fingerprint density at radius 2 is 1.71 bits per heavy atom. The maximum Gasteiger partial charge on any atom is 0.165 e. The van der Waals surface area contributed by atoms with Gasteiger partial charge in [-0.15, -0.1) is 0 Å². The van der Waals surface area contributed by atoms with Crippen LogP contribution in [-0.2, 0) is 6.42 Å². The Kier molecular flexibility index (Phi) is 5.64. The van der Waals surface area contributed by atoms with Gasteiger partial charge in [0.05, 0.1) is 14.2 Å². The van der Waals surface area contributed by atoms with E-state index in [4.69, 9.17) is 15.2 Å². The molecular formula is C18H23NO2. The lowest BCUT2D eigenvalue weighted by molar-refractivity contribution is 0.348. The number of aryl methyl sites for hydroxylation is 1. The minimum atomic E-state index is -0.0428. The molecule has 2 aromatic carbocycles. The van der Waals surface area contributed by atoms with Crippen LogP contribution >= 0.6 is 0 Å². The molecule has 0 saturated heterocycles. The maximum absolute atomic E-state index is 6.32. The van der Waals surface area contributed by atoms with E-state index >= 15 is 0 Å². The van der Waals surface area contributed by atoms with E-state index in [1.807, 2.05) is 24.3 Å². The number of nitrogens with two attached hydrogens (primary N) is 1. The minimum Gasteiger partial charge on any atom is -0.493 e. The summed E-state index contributed by atoms with van der Waals surface area (Å²) < 4.78 is 10.8. The van der Waals surface area contributed by atoms with E-state index < -0.39 is 0 Å². The first kappa shape index (κ1) is 15.4. The van der Waals surface area contributed by atoms with Crippen LogP contribution < -0.4 is 15.2 Å². The SMILES string of the molecule is COc1cccc(C(N)CCCc2ccccc2)c1OC. The van der Waals surface area contributed by atoms with Crippen LogP contribution in [0.25, 0.3) is 0 Å². The topological polar surface area (TPSA) is 44.5 Å². The van der Waals surface area contributed by atoms with Crippen LogP contribution in [0, 0.1) is 0 Å². The average Bonchev–Trinajstić information content (AvgIpc) is 2.54. The maximum atomic E-state index is 6.32. The summed E-state index contributed by atoms with van der Waals surface area (Å²) in [5.74, 6) is 1.47. The molecule has 1 atom stereocenters. The quantitative estimate of drug-likeness (QED) is 0.843. The van der Waals surface area contributed by atoms with Crippen LogP contribution in [0.15, 0.2) is 48.5 Å². The van der Waals surface area contributed by atoms with Gasteiger partial charge in [0, 0.05) is 11.6 Å². The lowest BCUT2D eigenvalue weighted by Crippen LogP contribution is -2.12. The van der Waals surface area contributed by atoms with Gasteiger partial charge in [-0.3, -0.25) is 0 Å². The zero-order chi connectivity index (χ0) is 15.1. The van der Waals surface area contributed by atoms with Gasteiger partial charge in [0.1, 0.15) is 0 Å². The summed E-state index contributed by atoms with van der Waals surface area (Å²) in [4.78, 5) is 0. The first-order valence-corrected chi connectivity index (χ1v) is 7.26. The van der Waals surface area contributed by atoms with E-state index in [1.165, 1.54) is 5.56 Å². The lowest BCUT2D eigenvalue weighted by atomic mass is 9.98. The van der Waals surface area contributed by atoms with Crippen LogP contribution in [0.1, 0.15) is 30.0 Å². The number of ether oxygens (including phenoxy) is 2. The highest BCUT2D eigenvalue weighted by Gasteiger charge is 2.15. The number of benzene rings is 2. The van der Waals surface area contributed by atoms with E-state index in [9.17, 15) is 0 Å². The summed E-state index contributed by atoms with van der Waals surface area (Å²) in [7, 11) is 3.29. The van der Waals surface area contributed by atoms with Crippen LogP contribution in [0.3, 0.4) is 0 Å². The summed E-state index contributed by atoms with van der Waals surface area (Å²) in [5, 5.41) is 0. The van der Waals surface area contributed by atoms with Crippen LogP contribution in [0.5, 0.6) is 11.5 Å². The van der Waals surface area contributed by atoms with Crippen molar-refractivity contribution < 1.29 is 9.47 Å². The zero-order valence-corrected chi connectivity index (χ0v) is 12.7. The fourth-order valence-electron chi connectivity index (χ4n) is 2.53. The molecule has 21 heavy (non-hydrogen) atoms. The molecule has 2 N–H and O–H groups in total. The third kappa shape index (κ3) is 3.99. The standard InChI is InChI=1S/C18H23NO2/c1-20-17-13-7-11-15(18(17)21-2)16(19)12-6-10-14-8-4-3-5-9-14/h3-5,7-9,11,13,16H,6,10,12,19H2,1-2H3. The Morgan fingerprint density at radius 1 is 0.952 bits per heavy atom. The van der Waals surface area contributed by atoms with Crippen molar-refractivity contribution in [2.45, 2.75) is 25.3 Å². The molecule has 0 aromatic heterocycles. The van der Waals surface area contributed by atoms with Crippen molar-refractivity contribution in [3.05, 3.63) is 59.7 Å². The highest BCUT2D eigenvalue weighted by atomic mass is 16.5. The van der Waals surface area contributed by atoms with Gasteiger partial charge in [-0.25, -0.2) is 0 Å². The van der Waals surface area contributed by atoms with Crippen molar-refractivity contribution >= 4 is 0 Å². The molecule has 1 unspecified atom stereocenters. The van der Waals surface area contributed by atoms with E-state index in [-0.39, 0.29) is 6.04 Å². The second kappa shape index (κ2) is 7.70. The zero-order valence-electron chi connectivity index (χ0n) is 12.7. The fraction of sp³-hybridized carbons (Fsp3) is 0.333. The summed E-state index contributed by atoms with van der Waals surface area (Å²) in [6.07, 6.45) is 3.00. The smallest absolute Gasteiger partial charge is 0.165 e. The monoisotopic (exact) mass is 285 g/mol. The predicted molar refractivity (Wildman–Crippen MR) is 85.9 cm³/mol. The van der Waals surface area contributed by atoms with Crippen molar-refractivity contribution in [1.29, 1.82) is 0 Å². The highest BCUT2D eigenvalue weighted by molar-refractivity contribution is 5.47. The molecule has 0 bridgehead atoms. The van der Waals surface area contributed by atoms with Crippen molar-refractivity contribution in [1.82, 2.24) is 0 Å². The predicted octanol–water partition coefficient (Wildman–Crippen LogP) is 3.73. The fourth-order valence-corrected chi connectivity index (χ4v) is 2.53. The highest BCUT2D eigenvalue weighted by Crippen LogP contribution is 2.35. The third-order valence-electron chi connectivity index (χ3n) is 3.66. The third-order valence-corrected chi connectivity index (χ3v) is 3.66. The molecule has 0 fully saturated rings. The molecular weight excluding hydrogens is 262 g/mol. The molecule has 2 rings (SSSR count). The number of hydrogen-bond acceptors (Lipinski definition) is 3.